The van der Waals surface area contributed by atoms with Crippen LogP contribution in [0.3, 0.4) is 0 Å². The van der Waals surface area contributed by atoms with E-state index in [-0.39, 0.29) is 12.1 Å². The first-order chi connectivity index (χ1) is 11.1. The van der Waals surface area contributed by atoms with Crippen molar-refractivity contribution >= 4 is 28.7 Å². The van der Waals surface area contributed by atoms with Crippen molar-refractivity contribution < 1.29 is 4.79 Å². The van der Waals surface area contributed by atoms with Gasteiger partial charge in [-0.2, -0.15) is 0 Å². The number of rotatable bonds is 4. The number of aromatic nitrogens is 1. The third-order valence-electron chi connectivity index (χ3n) is 3.97. The molecule has 1 unspecified atom stereocenters. The summed E-state index contributed by atoms with van der Waals surface area (Å²) in [6.07, 6.45) is 0. The van der Waals surface area contributed by atoms with E-state index in [4.69, 9.17) is 0 Å². The molecule has 0 radical (unpaired) electrons. The van der Waals surface area contributed by atoms with Gasteiger partial charge in [0, 0.05) is 48.7 Å². The van der Waals surface area contributed by atoms with Crippen molar-refractivity contribution in [1.82, 2.24) is 20.1 Å². The van der Waals surface area contributed by atoms with E-state index < -0.39 is 0 Å². The molecule has 3 rings (SSSR count). The molecule has 1 atom stereocenters. The van der Waals surface area contributed by atoms with Crippen LogP contribution in [-0.4, -0.2) is 47.0 Å². The van der Waals surface area contributed by atoms with E-state index in [0.29, 0.717) is 0 Å². The molecule has 3 heterocycles. The largest absolute Gasteiger partial charge is 0.329 e. The number of carbonyl (C=O) groups excluding carboxylic acids is 1. The number of hydrogen-bond donors (Lipinski definition) is 1. The Hall–Kier alpha value is -1.44. The number of amides is 2. The van der Waals surface area contributed by atoms with Crippen molar-refractivity contribution in [3.63, 3.8) is 0 Å². The number of piperazine rings is 1. The topological polar surface area (TPSA) is 48.5 Å². The first-order valence-electron chi connectivity index (χ1n) is 7.84. The average molecular weight is 351 g/mol. The van der Waals surface area contributed by atoms with Gasteiger partial charge in [0.15, 0.2) is 0 Å². The van der Waals surface area contributed by atoms with Gasteiger partial charge in [0.2, 0.25) is 0 Å². The van der Waals surface area contributed by atoms with Gasteiger partial charge in [0.25, 0.3) is 0 Å². The molecule has 1 aliphatic heterocycles. The monoisotopic (exact) mass is 350 g/mol. The van der Waals surface area contributed by atoms with Gasteiger partial charge in [-0.1, -0.05) is 6.07 Å². The van der Waals surface area contributed by atoms with E-state index >= 15 is 0 Å². The minimum Gasteiger partial charge on any atom is -0.329 e. The van der Waals surface area contributed by atoms with Crippen LogP contribution in [0.4, 0.5) is 4.79 Å². The molecule has 0 saturated carbocycles. The van der Waals surface area contributed by atoms with Crippen LogP contribution in [0.15, 0.2) is 22.9 Å². The Morgan fingerprint density at radius 2 is 2.13 bits per heavy atom. The van der Waals surface area contributed by atoms with Gasteiger partial charge in [0.05, 0.1) is 6.04 Å². The zero-order chi connectivity index (χ0) is 16.2. The van der Waals surface area contributed by atoms with Gasteiger partial charge in [-0.3, -0.25) is 4.90 Å². The maximum atomic E-state index is 12.4. The van der Waals surface area contributed by atoms with Crippen molar-refractivity contribution in [2.45, 2.75) is 26.4 Å². The predicted molar refractivity (Wildman–Crippen MR) is 95.0 cm³/mol. The molecule has 2 aromatic heterocycles. The number of aryl methyl sites for hydroxylation is 1. The fourth-order valence-corrected chi connectivity index (χ4v) is 4.19. The number of hydrogen-bond acceptors (Lipinski definition) is 5. The Balaban J connectivity index is 1.46. The van der Waals surface area contributed by atoms with Crippen LogP contribution in [0.1, 0.15) is 28.5 Å². The molecule has 1 aliphatic rings. The fraction of sp³-hybridized carbons (Fsp3) is 0.500. The van der Waals surface area contributed by atoms with Crippen LogP contribution in [0.25, 0.3) is 0 Å². The highest BCUT2D eigenvalue weighted by Gasteiger charge is 2.23. The summed E-state index contributed by atoms with van der Waals surface area (Å²) >= 11 is 3.39. The van der Waals surface area contributed by atoms with Crippen molar-refractivity contribution in [2.75, 3.05) is 26.2 Å². The summed E-state index contributed by atoms with van der Waals surface area (Å²) in [5, 5.41) is 8.15. The molecule has 1 fully saturated rings. The zero-order valence-corrected chi connectivity index (χ0v) is 15.1. The summed E-state index contributed by atoms with van der Waals surface area (Å²) in [5.41, 5.74) is 1.01. The number of thiazole rings is 1. The second kappa shape index (κ2) is 7.42. The quantitative estimate of drug-likeness (QED) is 0.922. The molecule has 1 N–H and O–H groups in total. The van der Waals surface area contributed by atoms with E-state index in [2.05, 4.69) is 32.7 Å². The summed E-state index contributed by atoms with van der Waals surface area (Å²) in [7, 11) is 0. The summed E-state index contributed by atoms with van der Waals surface area (Å²) in [6.45, 7) is 8.36. The smallest absolute Gasteiger partial charge is 0.318 e. The standard InChI is InChI=1S/C16H22N4OS2/c1-12-11-23-15(17-12)13(2)18-16(21)20-7-5-19(6-8-20)10-14-4-3-9-22-14/h3-4,9,11,13H,5-8,10H2,1-2H3,(H,18,21). The lowest BCUT2D eigenvalue weighted by Gasteiger charge is -2.34. The molecule has 0 aliphatic carbocycles. The molecule has 2 aromatic rings. The Morgan fingerprint density at radius 1 is 1.35 bits per heavy atom. The molecule has 1 saturated heterocycles. The molecule has 23 heavy (non-hydrogen) atoms. The van der Waals surface area contributed by atoms with E-state index in [9.17, 15) is 4.79 Å². The zero-order valence-electron chi connectivity index (χ0n) is 13.5. The third-order valence-corrected chi connectivity index (χ3v) is 5.97. The lowest BCUT2D eigenvalue weighted by atomic mass is 10.3. The van der Waals surface area contributed by atoms with Crippen LogP contribution >= 0.6 is 22.7 Å². The van der Waals surface area contributed by atoms with Crippen LogP contribution in [0.2, 0.25) is 0 Å². The average Bonchev–Trinajstić information content (AvgIpc) is 3.19. The SMILES string of the molecule is Cc1csc(C(C)NC(=O)N2CCN(Cc3cccs3)CC2)n1. The maximum absolute atomic E-state index is 12.4. The summed E-state index contributed by atoms with van der Waals surface area (Å²) in [5.74, 6) is 0. The van der Waals surface area contributed by atoms with Crippen molar-refractivity contribution in [3.05, 3.63) is 38.5 Å². The lowest BCUT2D eigenvalue weighted by molar-refractivity contribution is 0.134. The van der Waals surface area contributed by atoms with Crippen LogP contribution in [0, 0.1) is 6.92 Å². The van der Waals surface area contributed by atoms with Gasteiger partial charge >= 0.3 is 6.03 Å². The molecule has 124 valence electrons. The Bertz CT molecular complexity index is 632. The minimum atomic E-state index is -0.0367. The van der Waals surface area contributed by atoms with Crippen molar-refractivity contribution in [3.8, 4) is 0 Å². The normalized spacial score (nSPS) is 17.2. The highest BCUT2D eigenvalue weighted by molar-refractivity contribution is 7.10. The van der Waals surface area contributed by atoms with Gasteiger partial charge in [0.1, 0.15) is 5.01 Å². The highest BCUT2D eigenvalue weighted by Crippen LogP contribution is 2.18. The number of nitrogens with one attached hydrogen (secondary N) is 1. The summed E-state index contributed by atoms with van der Waals surface area (Å²) in [4.78, 5) is 22.5. The molecular weight excluding hydrogens is 328 g/mol. The second-order valence-electron chi connectivity index (χ2n) is 5.84. The Labute approximate surface area is 144 Å². The Morgan fingerprint density at radius 3 is 2.74 bits per heavy atom. The number of nitrogens with zero attached hydrogens (tertiary/aromatic N) is 3. The number of thiophene rings is 1. The van der Waals surface area contributed by atoms with E-state index in [1.165, 1.54) is 4.88 Å². The minimum absolute atomic E-state index is 0.0149. The molecule has 5 nitrogen and oxygen atoms in total. The molecule has 0 spiro atoms. The lowest BCUT2D eigenvalue weighted by Crippen LogP contribution is -2.51. The van der Waals surface area contributed by atoms with Gasteiger partial charge in [-0.05, 0) is 25.3 Å². The van der Waals surface area contributed by atoms with E-state index in [0.717, 1.165) is 43.4 Å². The highest BCUT2D eigenvalue weighted by atomic mass is 32.1. The van der Waals surface area contributed by atoms with Gasteiger partial charge < -0.3 is 10.2 Å². The maximum Gasteiger partial charge on any atom is 0.318 e. The van der Waals surface area contributed by atoms with E-state index in [1.807, 2.05) is 24.1 Å². The molecule has 0 aromatic carbocycles. The molecule has 0 bridgehead atoms. The molecule has 7 heteroatoms. The van der Waals surface area contributed by atoms with Gasteiger partial charge in [-0.15, -0.1) is 22.7 Å². The molecular formula is C16H22N4OS2. The van der Waals surface area contributed by atoms with Crippen LogP contribution in [-0.2, 0) is 6.54 Å². The first kappa shape index (κ1) is 16.4. The number of urea groups is 1. The molecule has 2 amide bonds. The fourth-order valence-electron chi connectivity index (χ4n) is 2.64. The predicted octanol–water partition coefficient (Wildman–Crippen LogP) is 3.10. The van der Waals surface area contributed by atoms with Crippen molar-refractivity contribution in [1.29, 1.82) is 0 Å². The third kappa shape index (κ3) is 4.31. The van der Waals surface area contributed by atoms with Crippen molar-refractivity contribution in [2.24, 2.45) is 0 Å². The summed E-state index contributed by atoms with van der Waals surface area (Å²) in [6, 6.07) is 4.24. The van der Waals surface area contributed by atoms with E-state index in [1.54, 1.807) is 22.7 Å². The second-order valence-corrected chi connectivity index (χ2v) is 7.76. The Kier molecular flexibility index (Phi) is 5.30. The van der Waals surface area contributed by atoms with Gasteiger partial charge in [-0.25, -0.2) is 9.78 Å². The first-order valence-corrected chi connectivity index (χ1v) is 9.60. The van der Waals surface area contributed by atoms with Crippen LogP contribution in [0.5, 0.6) is 0 Å². The van der Waals surface area contributed by atoms with Crippen LogP contribution < -0.4 is 5.32 Å². The number of carbonyl (C=O) groups is 1. The summed E-state index contributed by atoms with van der Waals surface area (Å²) < 4.78 is 0.